The third kappa shape index (κ3) is 4.44. The van der Waals surface area contributed by atoms with Gasteiger partial charge in [0.25, 0.3) is 0 Å². The maximum Gasteiger partial charge on any atom is 0.336 e. The lowest BCUT2D eigenvalue weighted by atomic mass is 10.1. The second-order valence-corrected chi connectivity index (χ2v) is 5.68. The number of nitrogens with zero attached hydrogens (tertiary/aromatic N) is 2. The van der Waals surface area contributed by atoms with Crippen LogP contribution in [0.15, 0.2) is 51.9 Å². The quantitative estimate of drug-likeness (QED) is 0.515. The first kappa shape index (κ1) is 17.6. The second-order valence-electron chi connectivity index (χ2n) is 5.68. The zero-order chi connectivity index (χ0) is 18.4. The molecule has 7 heteroatoms. The Morgan fingerprint density at radius 1 is 1.23 bits per heavy atom. The molecular weight excluding hydrogens is 334 g/mol. The standard InChI is InChI=1S/C19H19N3O4/c1-2-13-4-5-15-14(11-18(24)26-16(15)10-13)12-25-17(23)6-9-22-19-20-7-3-8-21-19/h3-5,7-8,10-11H,2,6,9,12H2,1H3,(H,20,21,22). The Balaban J connectivity index is 1.60. The number of carbonyl (C=O) groups is 1. The molecule has 1 aromatic carbocycles. The molecule has 0 atom stereocenters. The van der Waals surface area contributed by atoms with Crippen molar-refractivity contribution in [1.82, 2.24) is 9.97 Å². The van der Waals surface area contributed by atoms with Gasteiger partial charge in [-0.3, -0.25) is 4.79 Å². The second kappa shape index (κ2) is 8.24. The highest BCUT2D eigenvalue weighted by atomic mass is 16.5. The lowest BCUT2D eigenvalue weighted by Crippen LogP contribution is -2.13. The van der Waals surface area contributed by atoms with Crippen molar-refractivity contribution in [2.45, 2.75) is 26.4 Å². The number of benzene rings is 1. The number of aryl methyl sites for hydroxylation is 1. The first-order valence-electron chi connectivity index (χ1n) is 8.38. The smallest absolute Gasteiger partial charge is 0.336 e. The summed E-state index contributed by atoms with van der Waals surface area (Å²) in [5, 5.41) is 3.71. The van der Waals surface area contributed by atoms with Crippen molar-refractivity contribution in [2.75, 3.05) is 11.9 Å². The fraction of sp³-hybridized carbons (Fsp3) is 0.263. The molecule has 0 saturated heterocycles. The summed E-state index contributed by atoms with van der Waals surface area (Å²) in [6.07, 6.45) is 4.24. The molecule has 0 fully saturated rings. The number of aromatic nitrogens is 2. The minimum Gasteiger partial charge on any atom is -0.461 e. The Morgan fingerprint density at radius 3 is 2.81 bits per heavy atom. The SMILES string of the molecule is CCc1ccc2c(COC(=O)CCNc3ncccn3)cc(=O)oc2c1. The van der Waals surface area contributed by atoms with Gasteiger partial charge in [-0.1, -0.05) is 19.1 Å². The van der Waals surface area contributed by atoms with E-state index in [9.17, 15) is 9.59 Å². The summed E-state index contributed by atoms with van der Waals surface area (Å²) < 4.78 is 10.5. The number of fused-ring (bicyclic) bond motifs is 1. The van der Waals surface area contributed by atoms with Gasteiger partial charge in [-0.05, 0) is 24.1 Å². The molecule has 0 bridgehead atoms. The van der Waals surface area contributed by atoms with Gasteiger partial charge in [0.05, 0.1) is 6.42 Å². The summed E-state index contributed by atoms with van der Waals surface area (Å²) in [5.41, 5.74) is 1.75. The molecule has 0 radical (unpaired) electrons. The van der Waals surface area contributed by atoms with Gasteiger partial charge in [0, 0.05) is 36.0 Å². The third-order valence-corrected chi connectivity index (χ3v) is 3.87. The molecule has 2 aromatic heterocycles. The molecule has 0 aliphatic heterocycles. The molecule has 1 N–H and O–H groups in total. The summed E-state index contributed by atoms with van der Waals surface area (Å²) in [6, 6.07) is 8.76. The first-order chi connectivity index (χ1) is 12.7. The molecule has 0 saturated carbocycles. The Hall–Kier alpha value is -3.22. The van der Waals surface area contributed by atoms with Crippen LogP contribution in [0.1, 0.15) is 24.5 Å². The van der Waals surface area contributed by atoms with Gasteiger partial charge in [-0.2, -0.15) is 0 Å². The van der Waals surface area contributed by atoms with Crippen molar-refractivity contribution in [3.8, 4) is 0 Å². The molecule has 0 spiro atoms. The number of rotatable bonds is 7. The summed E-state index contributed by atoms with van der Waals surface area (Å²) in [4.78, 5) is 31.7. The van der Waals surface area contributed by atoms with Gasteiger partial charge >= 0.3 is 11.6 Å². The number of hydrogen-bond donors (Lipinski definition) is 1. The maximum absolute atomic E-state index is 11.9. The lowest BCUT2D eigenvalue weighted by Gasteiger charge is -2.08. The van der Waals surface area contributed by atoms with Crippen LogP contribution < -0.4 is 10.9 Å². The van der Waals surface area contributed by atoms with E-state index in [2.05, 4.69) is 15.3 Å². The van der Waals surface area contributed by atoms with Crippen molar-refractivity contribution >= 4 is 22.9 Å². The minimum absolute atomic E-state index is 0.0221. The number of ether oxygens (including phenoxy) is 1. The van der Waals surface area contributed by atoms with Crippen LogP contribution in [-0.2, 0) is 22.6 Å². The van der Waals surface area contributed by atoms with Crippen LogP contribution in [-0.4, -0.2) is 22.5 Å². The van der Waals surface area contributed by atoms with Crippen LogP contribution in [0.5, 0.6) is 0 Å². The predicted octanol–water partition coefficient (Wildman–Crippen LogP) is 2.69. The number of esters is 1. The zero-order valence-electron chi connectivity index (χ0n) is 14.4. The Morgan fingerprint density at radius 2 is 2.04 bits per heavy atom. The fourth-order valence-corrected chi connectivity index (χ4v) is 2.51. The van der Waals surface area contributed by atoms with E-state index in [0.29, 0.717) is 23.6 Å². The van der Waals surface area contributed by atoms with Crippen LogP contribution in [0.2, 0.25) is 0 Å². The molecule has 7 nitrogen and oxygen atoms in total. The zero-order valence-corrected chi connectivity index (χ0v) is 14.4. The maximum atomic E-state index is 11.9. The van der Waals surface area contributed by atoms with Crippen molar-refractivity contribution in [2.24, 2.45) is 0 Å². The van der Waals surface area contributed by atoms with E-state index in [1.165, 1.54) is 6.07 Å². The van der Waals surface area contributed by atoms with Crippen LogP contribution in [0.25, 0.3) is 11.0 Å². The molecular formula is C19H19N3O4. The molecule has 0 aliphatic carbocycles. The predicted molar refractivity (Wildman–Crippen MR) is 96.8 cm³/mol. The minimum atomic E-state index is -0.459. The normalized spacial score (nSPS) is 10.7. The highest BCUT2D eigenvalue weighted by Crippen LogP contribution is 2.20. The highest BCUT2D eigenvalue weighted by molar-refractivity contribution is 5.81. The van der Waals surface area contributed by atoms with Crippen LogP contribution in [0, 0.1) is 0 Å². The molecule has 0 amide bonds. The molecule has 0 unspecified atom stereocenters. The van der Waals surface area contributed by atoms with Gasteiger partial charge < -0.3 is 14.5 Å². The van der Waals surface area contributed by atoms with Gasteiger partial charge in [0.1, 0.15) is 12.2 Å². The van der Waals surface area contributed by atoms with Crippen LogP contribution in [0.4, 0.5) is 5.95 Å². The Labute approximate surface area is 150 Å². The Kier molecular flexibility index (Phi) is 5.58. The largest absolute Gasteiger partial charge is 0.461 e. The van der Waals surface area contributed by atoms with E-state index in [4.69, 9.17) is 9.15 Å². The van der Waals surface area contributed by atoms with Crippen molar-refractivity contribution in [3.05, 3.63) is 64.3 Å². The molecule has 26 heavy (non-hydrogen) atoms. The highest BCUT2D eigenvalue weighted by Gasteiger charge is 2.09. The number of anilines is 1. The van der Waals surface area contributed by atoms with E-state index in [1.807, 2.05) is 25.1 Å². The van der Waals surface area contributed by atoms with E-state index in [1.54, 1.807) is 18.5 Å². The van der Waals surface area contributed by atoms with E-state index >= 15 is 0 Å². The third-order valence-electron chi connectivity index (χ3n) is 3.87. The van der Waals surface area contributed by atoms with Gasteiger partial charge in [-0.25, -0.2) is 14.8 Å². The number of carbonyl (C=O) groups excluding carboxylic acids is 1. The molecule has 3 aromatic rings. The van der Waals surface area contributed by atoms with Gasteiger partial charge in [0.15, 0.2) is 0 Å². The number of hydrogen-bond acceptors (Lipinski definition) is 7. The van der Waals surface area contributed by atoms with Crippen LogP contribution in [0.3, 0.4) is 0 Å². The lowest BCUT2D eigenvalue weighted by molar-refractivity contribution is -0.144. The van der Waals surface area contributed by atoms with E-state index in [0.717, 1.165) is 17.4 Å². The molecule has 3 rings (SSSR count). The summed E-state index contributed by atoms with van der Waals surface area (Å²) in [5.74, 6) is 0.0821. The molecule has 2 heterocycles. The van der Waals surface area contributed by atoms with Crippen molar-refractivity contribution in [3.63, 3.8) is 0 Å². The average molecular weight is 353 g/mol. The monoisotopic (exact) mass is 353 g/mol. The van der Waals surface area contributed by atoms with E-state index in [-0.39, 0.29) is 19.0 Å². The Bertz CT molecular complexity index is 954. The molecule has 0 aliphatic rings. The summed E-state index contributed by atoms with van der Waals surface area (Å²) >= 11 is 0. The fourth-order valence-electron chi connectivity index (χ4n) is 2.51. The van der Waals surface area contributed by atoms with Gasteiger partial charge in [-0.15, -0.1) is 0 Å². The number of nitrogens with one attached hydrogen (secondary N) is 1. The van der Waals surface area contributed by atoms with Crippen molar-refractivity contribution < 1.29 is 13.9 Å². The van der Waals surface area contributed by atoms with E-state index < -0.39 is 5.63 Å². The summed E-state index contributed by atoms with van der Waals surface area (Å²) in [6.45, 7) is 2.41. The average Bonchev–Trinajstić information content (AvgIpc) is 2.66. The first-order valence-corrected chi connectivity index (χ1v) is 8.38. The summed E-state index contributed by atoms with van der Waals surface area (Å²) in [7, 11) is 0. The molecule has 134 valence electrons. The topological polar surface area (TPSA) is 94.3 Å². The van der Waals surface area contributed by atoms with Crippen LogP contribution >= 0.6 is 0 Å². The van der Waals surface area contributed by atoms with Crippen molar-refractivity contribution in [1.29, 1.82) is 0 Å². The van der Waals surface area contributed by atoms with Gasteiger partial charge in [0.2, 0.25) is 5.95 Å².